The van der Waals surface area contributed by atoms with E-state index in [2.05, 4.69) is 21.7 Å². The van der Waals surface area contributed by atoms with Gasteiger partial charge in [0.05, 0.1) is 11.1 Å². The van der Waals surface area contributed by atoms with Crippen LogP contribution in [0, 0.1) is 11.3 Å². The molecule has 19 heavy (non-hydrogen) atoms. The topological polar surface area (TPSA) is 77.8 Å². The molecule has 0 radical (unpaired) electrons. The number of para-hydroxylation sites is 1. The van der Waals surface area contributed by atoms with Crippen molar-refractivity contribution in [2.24, 2.45) is 0 Å². The zero-order chi connectivity index (χ0) is 13.7. The summed E-state index contributed by atoms with van der Waals surface area (Å²) in [6.45, 7) is 0.444. The summed E-state index contributed by atoms with van der Waals surface area (Å²) in [6, 6.07) is 11.5. The Balaban J connectivity index is 2.22. The molecule has 5 heteroatoms. The number of rotatable bonds is 4. The average Bonchev–Trinajstić information content (AvgIpc) is 2.46. The largest absolute Gasteiger partial charge is 0.368 e. The monoisotopic (exact) mass is 254 g/mol. The van der Waals surface area contributed by atoms with Crippen LogP contribution in [-0.2, 0) is 4.79 Å². The molecule has 1 aromatic carbocycles. The van der Waals surface area contributed by atoms with Crippen LogP contribution >= 0.6 is 0 Å². The first-order chi connectivity index (χ1) is 9.24. The number of pyridine rings is 1. The molecule has 0 bridgehead atoms. The summed E-state index contributed by atoms with van der Waals surface area (Å²) in [4.78, 5) is 15.5. The van der Waals surface area contributed by atoms with E-state index in [1.54, 1.807) is 13.1 Å². The summed E-state index contributed by atoms with van der Waals surface area (Å²) >= 11 is 0. The number of anilines is 1. The molecule has 0 aliphatic rings. The predicted molar refractivity (Wildman–Crippen MR) is 73.6 cm³/mol. The second-order valence-electron chi connectivity index (χ2n) is 4.04. The fraction of sp³-hybridized carbons (Fsp3) is 0.214. The Kier molecular flexibility index (Phi) is 3.94. The van der Waals surface area contributed by atoms with E-state index in [-0.39, 0.29) is 5.91 Å². The minimum Gasteiger partial charge on any atom is -0.368 e. The third-order valence-corrected chi connectivity index (χ3v) is 2.77. The summed E-state index contributed by atoms with van der Waals surface area (Å²) in [7, 11) is 1.59. The van der Waals surface area contributed by atoms with E-state index in [0.717, 1.165) is 10.9 Å². The van der Waals surface area contributed by atoms with Crippen LogP contribution in [0.4, 0.5) is 5.82 Å². The van der Waals surface area contributed by atoms with Gasteiger partial charge >= 0.3 is 0 Å². The second-order valence-corrected chi connectivity index (χ2v) is 4.04. The molecule has 2 rings (SSSR count). The second kappa shape index (κ2) is 5.83. The zero-order valence-corrected chi connectivity index (χ0v) is 10.6. The fourth-order valence-corrected chi connectivity index (χ4v) is 1.76. The van der Waals surface area contributed by atoms with Gasteiger partial charge in [-0.15, -0.1) is 0 Å². The Bertz CT molecular complexity index is 645. The van der Waals surface area contributed by atoms with Crippen molar-refractivity contribution in [2.45, 2.75) is 6.42 Å². The molecule has 0 aliphatic heterocycles. The minimum absolute atomic E-state index is 0.0493. The lowest BCUT2D eigenvalue weighted by Gasteiger charge is -2.08. The smallest absolute Gasteiger partial charge is 0.221 e. The lowest BCUT2D eigenvalue weighted by Crippen LogP contribution is -2.21. The maximum absolute atomic E-state index is 11.1. The minimum atomic E-state index is -0.0493. The molecule has 96 valence electrons. The van der Waals surface area contributed by atoms with Crippen LogP contribution in [0.1, 0.15) is 12.0 Å². The molecule has 0 spiro atoms. The van der Waals surface area contributed by atoms with E-state index in [1.807, 2.05) is 24.3 Å². The van der Waals surface area contributed by atoms with Crippen molar-refractivity contribution < 1.29 is 4.79 Å². The van der Waals surface area contributed by atoms with Gasteiger partial charge in [0.15, 0.2) is 0 Å². The van der Waals surface area contributed by atoms with Gasteiger partial charge in [0.1, 0.15) is 11.9 Å². The highest BCUT2D eigenvalue weighted by Crippen LogP contribution is 2.19. The Hall–Kier alpha value is -2.61. The summed E-state index contributed by atoms with van der Waals surface area (Å²) in [5.41, 5.74) is 1.31. The first-order valence-corrected chi connectivity index (χ1v) is 5.99. The van der Waals surface area contributed by atoms with Gasteiger partial charge in [-0.25, -0.2) is 4.98 Å². The maximum Gasteiger partial charge on any atom is 0.221 e. The van der Waals surface area contributed by atoms with Crippen LogP contribution in [-0.4, -0.2) is 24.5 Å². The fourth-order valence-electron chi connectivity index (χ4n) is 1.76. The number of amides is 1. The molecule has 2 N–H and O–H groups in total. The standard InChI is InChI=1S/C14H14N4O/c1-16-13(19)6-7-17-14-11(9-15)8-10-4-2-3-5-12(10)18-14/h2-5,8H,6-7H2,1H3,(H,16,19)(H,17,18). The van der Waals surface area contributed by atoms with Crippen molar-refractivity contribution in [1.29, 1.82) is 5.26 Å². The number of nitrogens with one attached hydrogen (secondary N) is 2. The molecule has 0 saturated carbocycles. The number of carbonyl (C=O) groups excluding carboxylic acids is 1. The van der Waals surface area contributed by atoms with Crippen LogP contribution < -0.4 is 10.6 Å². The van der Waals surface area contributed by atoms with Crippen LogP contribution in [0.5, 0.6) is 0 Å². The molecular formula is C14H14N4O. The van der Waals surface area contributed by atoms with Gasteiger partial charge in [0.2, 0.25) is 5.91 Å². The number of hydrogen-bond acceptors (Lipinski definition) is 4. The number of benzene rings is 1. The molecule has 0 saturated heterocycles. The lowest BCUT2D eigenvalue weighted by molar-refractivity contribution is -0.120. The Morgan fingerprint density at radius 3 is 2.95 bits per heavy atom. The summed E-state index contributed by atoms with van der Waals surface area (Å²) in [5.74, 6) is 0.469. The number of hydrogen-bond donors (Lipinski definition) is 2. The molecule has 5 nitrogen and oxygen atoms in total. The maximum atomic E-state index is 11.1. The molecule has 1 heterocycles. The first-order valence-electron chi connectivity index (χ1n) is 5.99. The number of carbonyl (C=O) groups is 1. The van der Waals surface area contributed by atoms with Gasteiger partial charge in [0, 0.05) is 25.4 Å². The normalized spacial score (nSPS) is 9.89. The molecule has 2 aromatic rings. The Labute approximate surface area is 111 Å². The summed E-state index contributed by atoms with van der Waals surface area (Å²) < 4.78 is 0. The molecule has 1 amide bonds. The number of nitriles is 1. The van der Waals surface area contributed by atoms with Crippen molar-refractivity contribution in [3.8, 4) is 6.07 Å². The van der Waals surface area contributed by atoms with Crippen molar-refractivity contribution in [3.63, 3.8) is 0 Å². The Morgan fingerprint density at radius 2 is 2.21 bits per heavy atom. The van der Waals surface area contributed by atoms with Gasteiger partial charge in [0.25, 0.3) is 0 Å². The van der Waals surface area contributed by atoms with Crippen molar-refractivity contribution in [3.05, 3.63) is 35.9 Å². The summed E-state index contributed by atoms with van der Waals surface area (Å²) in [6.07, 6.45) is 0.343. The van der Waals surface area contributed by atoms with Crippen molar-refractivity contribution in [2.75, 3.05) is 18.9 Å². The molecule has 1 aromatic heterocycles. The van der Waals surface area contributed by atoms with Gasteiger partial charge in [-0.3, -0.25) is 4.79 Å². The van der Waals surface area contributed by atoms with E-state index in [0.29, 0.717) is 24.3 Å². The SMILES string of the molecule is CNC(=O)CCNc1nc2ccccc2cc1C#N. The van der Waals surface area contributed by atoms with Gasteiger partial charge < -0.3 is 10.6 Å². The van der Waals surface area contributed by atoms with Gasteiger partial charge in [-0.2, -0.15) is 5.26 Å². The first kappa shape index (κ1) is 12.8. The molecule has 0 fully saturated rings. The van der Waals surface area contributed by atoms with Gasteiger partial charge in [-0.1, -0.05) is 18.2 Å². The van der Waals surface area contributed by atoms with Crippen LogP contribution in [0.25, 0.3) is 10.9 Å². The van der Waals surface area contributed by atoms with E-state index < -0.39 is 0 Å². The molecule has 0 unspecified atom stereocenters. The molecular weight excluding hydrogens is 240 g/mol. The predicted octanol–water partition coefficient (Wildman–Crippen LogP) is 1.65. The highest BCUT2D eigenvalue weighted by molar-refractivity contribution is 5.83. The molecule has 0 aliphatic carbocycles. The summed E-state index contributed by atoms with van der Waals surface area (Å²) in [5, 5.41) is 15.6. The lowest BCUT2D eigenvalue weighted by atomic mass is 10.1. The van der Waals surface area contributed by atoms with Crippen LogP contribution in [0.15, 0.2) is 30.3 Å². The van der Waals surface area contributed by atoms with E-state index in [9.17, 15) is 4.79 Å². The number of nitrogens with zero attached hydrogens (tertiary/aromatic N) is 2. The van der Waals surface area contributed by atoms with E-state index >= 15 is 0 Å². The van der Waals surface area contributed by atoms with E-state index in [1.165, 1.54) is 0 Å². The van der Waals surface area contributed by atoms with Gasteiger partial charge in [-0.05, 0) is 12.1 Å². The third-order valence-electron chi connectivity index (χ3n) is 2.77. The van der Waals surface area contributed by atoms with Crippen LogP contribution in [0.3, 0.4) is 0 Å². The quantitative estimate of drug-likeness (QED) is 0.869. The van der Waals surface area contributed by atoms with Crippen LogP contribution in [0.2, 0.25) is 0 Å². The number of aromatic nitrogens is 1. The highest BCUT2D eigenvalue weighted by Gasteiger charge is 2.06. The van der Waals surface area contributed by atoms with Crippen molar-refractivity contribution >= 4 is 22.6 Å². The van der Waals surface area contributed by atoms with Crippen molar-refractivity contribution in [1.82, 2.24) is 10.3 Å². The third kappa shape index (κ3) is 2.99. The zero-order valence-electron chi connectivity index (χ0n) is 10.6. The Morgan fingerprint density at radius 1 is 1.42 bits per heavy atom. The van der Waals surface area contributed by atoms with E-state index in [4.69, 9.17) is 5.26 Å². The number of fused-ring (bicyclic) bond motifs is 1. The average molecular weight is 254 g/mol. The molecule has 0 atom stereocenters. The highest BCUT2D eigenvalue weighted by atomic mass is 16.1.